The number of hydrogen-bond donors (Lipinski definition) is 0. The van der Waals surface area contributed by atoms with Crippen molar-refractivity contribution in [3.05, 3.63) is 58.9 Å². The average molecular weight is 244 g/mol. The number of benzene rings is 2. The van der Waals surface area contributed by atoms with Gasteiger partial charge in [0.2, 0.25) is 0 Å². The Morgan fingerprint density at radius 1 is 1.06 bits per heavy atom. The van der Waals surface area contributed by atoms with Crippen molar-refractivity contribution in [2.75, 3.05) is 0 Å². The van der Waals surface area contributed by atoms with Gasteiger partial charge in [0.25, 0.3) is 0 Å². The van der Waals surface area contributed by atoms with Gasteiger partial charge in [-0.05, 0) is 37.1 Å². The Bertz CT molecular complexity index is 591. The monoisotopic (exact) mass is 244 g/mol. The molecule has 0 fully saturated rings. The van der Waals surface area contributed by atoms with Gasteiger partial charge in [-0.3, -0.25) is 4.79 Å². The van der Waals surface area contributed by atoms with Crippen LogP contribution in [0.25, 0.3) is 0 Å². The van der Waals surface area contributed by atoms with E-state index in [1.807, 2.05) is 6.92 Å². The lowest BCUT2D eigenvalue weighted by atomic mass is 10.1. The molecule has 0 aromatic heterocycles. The van der Waals surface area contributed by atoms with Crippen molar-refractivity contribution in [1.82, 2.24) is 0 Å². The summed E-state index contributed by atoms with van der Waals surface area (Å²) in [7, 11) is 0. The van der Waals surface area contributed by atoms with Crippen LogP contribution in [0.5, 0.6) is 11.5 Å². The highest BCUT2D eigenvalue weighted by molar-refractivity contribution is 5.76. The smallest absolute Gasteiger partial charge is 0.168 e. The molecule has 0 aliphatic rings. The number of ether oxygens (including phenoxy) is 1. The lowest BCUT2D eigenvalue weighted by molar-refractivity contribution is 0.112. The molecule has 2 aromatic rings. The van der Waals surface area contributed by atoms with E-state index in [9.17, 15) is 9.18 Å². The van der Waals surface area contributed by atoms with Crippen LogP contribution < -0.4 is 4.74 Å². The second-order valence-corrected chi connectivity index (χ2v) is 4.13. The quantitative estimate of drug-likeness (QED) is 0.761. The fourth-order valence-corrected chi connectivity index (χ4v) is 1.62. The maximum atomic E-state index is 13.8. The summed E-state index contributed by atoms with van der Waals surface area (Å²) in [5.41, 5.74) is 1.88. The lowest BCUT2D eigenvalue weighted by Crippen LogP contribution is -1.93. The third-order valence-corrected chi connectivity index (χ3v) is 2.72. The van der Waals surface area contributed by atoms with E-state index < -0.39 is 0 Å². The topological polar surface area (TPSA) is 26.3 Å². The van der Waals surface area contributed by atoms with Gasteiger partial charge in [0.05, 0.1) is 0 Å². The molecule has 0 N–H and O–H groups in total. The van der Waals surface area contributed by atoms with Gasteiger partial charge in [-0.2, -0.15) is 0 Å². The summed E-state index contributed by atoms with van der Waals surface area (Å²) in [4.78, 5) is 10.7. The zero-order valence-electron chi connectivity index (χ0n) is 10.2. The molecule has 0 saturated carbocycles. The second kappa shape index (κ2) is 5.00. The highest BCUT2D eigenvalue weighted by atomic mass is 19.1. The molecule has 2 aromatic carbocycles. The summed E-state index contributed by atoms with van der Waals surface area (Å²) in [5, 5.41) is 0. The molecular formula is C15H13FO2. The predicted octanol–water partition coefficient (Wildman–Crippen LogP) is 4.05. The van der Waals surface area contributed by atoms with Crippen molar-refractivity contribution in [2.24, 2.45) is 0 Å². The Kier molecular flexibility index (Phi) is 3.42. The number of hydrogen-bond acceptors (Lipinski definition) is 2. The Labute approximate surface area is 105 Å². The highest BCUT2D eigenvalue weighted by Crippen LogP contribution is 2.28. The number of carbonyl (C=O) groups is 1. The number of aryl methyl sites for hydroxylation is 2. The van der Waals surface area contributed by atoms with Crippen LogP contribution in [-0.2, 0) is 0 Å². The zero-order chi connectivity index (χ0) is 13.1. The first kappa shape index (κ1) is 12.3. The average Bonchev–Trinajstić information content (AvgIpc) is 2.37. The first-order valence-electron chi connectivity index (χ1n) is 5.60. The molecule has 2 nitrogen and oxygen atoms in total. The Hall–Kier alpha value is -2.16. The van der Waals surface area contributed by atoms with Crippen molar-refractivity contribution in [1.29, 1.82) is 0 Å². The van der Waals surface area contributed by atoms with E-state index in [-0.39, 0.29) is 11.6 Å². The number of rotatable bonds is 3. The minimum atomic E-state index is -0.381. The minimum absolute atomic E-state index is 0.168. The van der Waals surface area contributed by atoms with Crippen LogP contribution in [0.1, 0.15) is 21.5 Å². The fraction of sp³-hybridized carbons (Fsp3) is 0.133. The maximum Gasteiger partial charge on any atom is 0.168 e. The highest BCUT2D eigenvalue weighted by Gasteiger charge is 2.09. The molecule has 18 heavy (non-hydrogen) atoms. The van der Waals surface area contributed by atoms with Crippen LogP contribution in [0.3, 0.4) is 0 Å². The Morgan fingerprint density at radius 2 is 1.83 bits per heavy atom. The summed E-state index contributed by atoms with van der Waals surface area (Å²) < 4.78 is 19.3. The molecule has 0 aliphatic heterocycles. The SMILES string of the molecule is Cc1ccc(C=O)cc1Oc1cccc(C)c1F. The van der Waals surface area contributed by atoms with Crippen LogP contribution in [0.2, 0.25) is 0 Å². The molecule has 0 radical (unpaired) electrons. The van der Waals surface area contributed by atoms with Crippen molar-refractivity contribution < 1.29 is 13.9 Å². The predicted molar refractivity (Wildman–Crippen MR) is 67.8 cm³/mol. The molecule has 0 bridgehead atoms. The Morgan fingerprint density at radius 3 is 2.56 bits per heavy atom. The molecule has 0 heterocycles. The van der Waals surface area contributed by atoms with E-state index in [1.165, 1.54) is 0 Å². The second-order valence-electron chi connectivity index (χ2n) is 4.13. The maximum absolute atomic E-state index is 13.8. The molecule has 92 valence electrons. The van der Waals surface area contributed by atoms with Gasteiger partial charge in [-0.1, -0.05) is 24.3 Å². The first-order chi connectivity index (χ1) is 8.61. The largest absolute Gasteiger partial charge is 0.454 e. The molecule has 0 unspecified atom stereocenters. The van der Waals surface area contributed by atoms with E-state index >= 15 is 0 Å². The summed E-state index contributed by atoms with van der Waals surface area (Å²) >= 11 is 0. The standard InChI is InChI=1S/C15H13FO2/c1-10-6-7-12(9-17)8-14(10)18-13-5-3-4-11(2)15(13)16/h3-9H,1-2H3. The van der Waals surface area contributed by atoms with Crippen molar-refractivity contribution in [3.63, 3.8) is 0 Å². The van der Waals surface area contributed by atoms with Gasteiger partial charge in [0.1, 0.15) is 12.0 Å². The molecule has 0 amide bonds. The van der Waals surface area contributed by atoms with E-state index in [1.54, 1.807) is 43.3 Å². The Balaban J connectivity index is 2.39. The van der Waals surface area contributed by atoms with E-state index in [4.69, 9.17) is 4.74 Å². The molecule has 2 rings (SSSR count). The number of carbonyl (C=O) groups excluding carboxylic acids is 1. The van der Waals surface area contributed by atoms with Crippen LogP contribution in [0.4, 0.5) is 4.39 Å². The van der Waals surface area contributed by atoms with Gasteiger partial charge < -0.3 is 4.74 Å². The molecule has 0 aliphatic carbocycles. The molecule has 0 saturated heterocycles. The van der Waals surface area contributed by atoms with E-state index in [0.29, 0.717) is 16.9 Å². The van der Waals surface area contributed by atoms with Crippen LogP contribution in [-0.4, -0.2) is 6.29 Å². The molecule has 3 heteroatoms. The number of aldehydes is 1. The summed E-state index contributed by atoms with van der Waals surface area (Å²) in [6.45, 7) is 3.52. The van der Waals surface area contributed by atoms with Gasteiger partial charge in [0, 0.05) is 5.56 Å². The van der Waals surface area contributed by atoms with Gasteiger partial charge in [-0.15, -0.1) is 0 Å². The molecule has 0 spiro atoms. The summed E-state index contributed by atoms with van der Waals surface area (Å²) in [5.74, 6) is 0.277. The number of halogens is 1. The fourth-order valence-electron chi connectivity index (χ4n) is 1.62. The van der Waals surface area contributed by atoms with E-state index in [0.717, 1.165) is 11.8 Å². The first-order valence-corrected chi connectivity index (χ1v) is 5.60. The van der Waals surface area contributed by atoms with Gasteiger partial charge in [-0.25, -0.2) is 4.39 Å². The van der Waals surface area contributed by atoms with Crippen molar-refractivity contribution in [2.45, 2.75) is 13.8 Å². The third-order valence-electron chi connectivity index (χ3n) is 2.72. The van der Waals surface area contributed by atoms with Gasteiger partial charge >= 0.3 is 0 Å². The lowest BCUT2D eigenvalue weighted by Gasteiger charge is -2.10. The summed E-state index contributed by atoms with van der Waals surface area (Å²) in [6.07, 6.45) is 0.735. The van der Waals surface area contributed by atoms with Crippen molar-refractivity contribution in [3.8, 4) is 11.5 Å². The van der Waals surface area contributed by atoms with Crippen LogP contribution in [0, 0.1) is 19.7 Å². The third kappa shape index (κ3) is 2.40. The zero-order valence-corrected chi connectivity index (χ0v) is 10.2. The molecular weight excluding hydrogens is 231 g/mol. The van der Waals surface area contributed by atoms with Crippen LogP contribution in [0.15, 0.2) is 36.4 Å². The van der Waals surface area contributed by atoms with Crippen molar-refractivity contribution >= 4 is 6.29 Å². The normalized spacial score (nSPS) is 10.2. The van der Waals surface area contributed by atoms with Gasteiger partial charge in [0.15, 0.2) is 11.6 Å². The van der Waals surface area contributed by atoms with E-state index in [2.05, 4.69) is 0 Å². The molecule has 0 atom stereocenters. The van der Waals surface area contributed by atoms with Crippen LogP contribution >= 0.6 is 0 Å². The summed E-state index contributed by atoms with van der Waals surface area (Å²) in [6, 6.07) is 10.0. The minimum Gasteiger partial charge on any atom is -0.454 e.